The zero-order valence-electron chi connectivity index (χ0n) is 14.9. The van der Waals surface area contributed by atoms with E-state index in [0.29, 0.717) is 5.69 Å². The molecule has 4 rings (SSSR count). The van der Waals surface area contributed by atoms with Crippen LogP contribution < -0.4 is 9.46 Å². The molecule has 0 aliphatic rings. The summed E-state index contributed by atoms with van der Waals surface area (Å²) in [5.41, 5.74) is 3.22. The third kappa shape index (κ3) is 3.57. The fourth-order valence-electron chi connectivity index (χ4n) is 2.95. The summed E-state index contributed by atoms with van der Waals surface area (Å²) in [6.45, 7) is 0. The number of rotatable bonds is 5. The summed E-state index contributed by atoms with van der Waals surface area (Å²) in [4.78, 5) is 3.32. The second-order valence-electron chi connectivity index (χ2n) is 6.27. The molecule has 4 aromatic rings. The maximum absolute atomic E-state index is 13.0. The predicted molar refractivity (Wildman–Crippen MR) is 107 cm³/mol. The molecule has 28 heavy (non-hydrogen) atoms. The smallest absolute Gasteiger partial charge is 0.261 e. The lowest BCUT2D eigenvalue weighted by molar-refractivity contribution is 0.415. The number of H-pyrrole nitrogens is 1. The number of ether oxygens (including phenoxy) is 1. The van der Waals surface area contributed by atoms with E-state index in [1.54, 1.807) is 19.2 Å². The van der Waals surface area contributed by atoms with Crippen LogP contribution in [0.2, 0.25) is 0 Å². The summed E-state index contributed by atoms with van der Waals surface area (Å²) >= 11 is 0. The van der Waals surface area contributed by atoms with Crippen molar-refractivity contribution >= 4 is 26.6 Å². The van der Waals surface area contributed by atoms with Gasteiger partial charge in [-0.05, 0) is 78.4 Å². The number of methoxy groups -OCH3 is 1. The molecule has 0 fully saturated rings. The Kier molecular flexibility index (Phi) is 4.52. The van der Waals surface area contributed by atoms with Gasteiger partial charge in [-0.15, -0.1) is 0 Å². The average Bonchev–Trinajstić information content (AvgIpc) is 3.11. The highest BCUT2D eigenvalue weighted by atomic mass is 32.2. The molecule has 0 saturated heterocycles. The standard InChI is InChI=1S/C21H17FN2O3S/c1-27-18-7-2-14(3-8-18)21-13-15-12-17(6-11-20(15)23-21)24-28(25,26)19-9-4-16(22)5-10-19/h2-13,23-24H,1H3. The molecule has 0 amide bonds. The Morgan fingerprint density at radius 1 is 0.929 bits per heavy atom. The van der Waals surface area contributed by atoms with Crippen LogP contribution in [-0.4, -0.2) is 20.5 Å². The van der Waals surface area contributed by atoms with Crippen LogP contribution in [0.1, 0.15) is 0 Å². The first kappa shape index (κ1) is 18.1. The monoisotopic (exact) mass is 396 g/mol. The third-order valence-corrected chi connectivity index (χ3v) is 5.80. The first-order valence-corrected chi connectivity index (χ1v) is 9.98. The van der Waals surface area contributed by atoms with E-state index in [4.69, 9.17) is 4.74 Å². The van der Waals surface area contributed by atoms with Crippen LogP contribution in [0.3, 0.4) is 0 Å². The minimum Gasteiger partial charge on any atom is -0.497 e. The molecule has 0 radical (unpaired) electrons. The number of fused-ring (bicyclic) bond motifs is 1. The van der Waals surface area contributed by atoms with Crippen molar-refractivity contribution < 1.29 is 17.5 Å². The van der Waals surface area contributed by atoms with Crippen LogP contribution in [0.15, 0.2) is 77.7 Å². The second kappa shape index (κ2) is 7.01. The first-order valence-electron chi connectivity index (χ1n) is 8.50. The van der Waals surface area contributed by atoms with Gasteiger partial charge in [-0.2, -0.15) is 0 Å². The lowest BCUT2D eigenvalue weighted by atomic mass is 10.1. The van der Waals surface area contributed by atoms with Gasteiger partial charge in [-0.3, -0.25) is 4.72 Å². The van der Waals surface area contributed by atoms with Crippen molar-refractivity contribution in [3.8, 4) is 17.0 Å². The Hall–Kier alpha value is -3.32. The van der Waals surface area contributed by atoms with Gasteiger partial charge in [0.1, 0.15) is 11.6 Å². The number of anilines is 1. The Labute approximate surface area is 161 Å². The molecule has 0 unspecified atom stereocenters. The van der Waals surface area contributed by atoms with Gasteiger partial charge in [0.05, 0.1) is 12.0 Å². The summed E-state index contributed by atoms with van der Waals surface area (Å²) in [6, 6.07) is 19.5. The molecule has 3 aromatic carbocycles. The molecule has 2 N–H and O–H groups in total. The van der Waals surface area contributed by atoms with Gasteiger partial charge in [0.15, 0.2) is 0 Å². The molecule has 0 saturated carbocycles. The quantitative estimate of drug-likeness (QED) is 0.510. The fraction of sp³-hybridized carbons (Fsp3) is 0.0476. The summed E-state index contributed by atoms with van der Waals surface area (Å²) < 4.78 is 45.7. The zero-order chi connectivity index (χ0) is 19.7. The minimum absolute atomic E-state index is 0.00184. The number of halogens is 1. The molecule has 0 aliphatic heterocycles. The fourth-order valence-corrected chi connectivity index (χ4v) is 4.00. The van der Waals surface area contributed by atoms with Crippen molar-refractivity contribution in [2.24, 2.45) is 0 Å². The van der Waals surface area contributed by atoms with Crippen molar-refractivity contribution in [1.29, 1.82) is 0 Å². The third-order valence-electron chi connectivity index (χ3n) is 4.40. The van der Waals surface area contributed by atoms with Gasteiger partial charge in [0.2, 0.25) is 0 Å². The highest BCUT2D eigenvalue weighted by molar-refractivity contribution is 7.92. The Balaban J connectivity index is 1.63. The van der Waals surface area contributed by atoms with Crippen LogP contribution in [0.25, 0.3) is 22.2 Å². The predicted octanol–water partition coefficient (Wildman–Crippen LogP) is 4.78. The van der Waals surface area contributed by atoms with E-state index >= 15 is 0 Å². The second-order valence-corrected chi connectivity index (χ2v) is 7.96. The molecule has 0 spiro atoms. The van der Waals surface area contributed by atoms with Gasteiger partial charge in [-0.1, -0.05) is 0 Å². The van der Waals surface area contributed by atoms with Gasteiger partial charge in [0.25, 0.3) is 10.0 Å². The molecule has 0 aliphatic carbocycles. The van der Waals surface area contributed by atoms with Crippen molar-refractivity contribution in [1.82, 2.24) is 4.98 Å². The number of nitrogens with one attached hydrogen (secondary N) is 2. The van der Waals surface area contributed by atoms with Gasteiger partial charge < -0.3 is 9.72 Å². The SMILES string of the molecule is COc1ccc(-c2cc3cc(NS(=O)(=O)c4ccc(F)cc4)ccc3[nH]2)cc1. The average molecular weight is 396 g/mol. The number of hydrogen-bond acceptors (Lipinski definition) is 3. The van der Waals surface area contributed by atoms with Crippen LogP contribution in [0, 0.1) is 5.82 Å². The van der Waals surface area contributed by atoms with E-state index in [1.165, 1.54) is 12.1 Å². The highest BCUT2D eigenvalue weighted by Crippen LogP contribution is 2.28. The van der Waals surface area contributed by atoms with Crippen molar-refractivity contribution in [2.45, 2.75) is 4.90 Å². The molecule has 7 heteroatoms. The van der Waals surface area contributed by atoms with Crippen LogP contribution in [0.5, 0.6) is 5.75 Å². The van der Waals surface area contributed by atoms with Crippen molar-refractivity contribution in [2.75, 3.05) is 11.8 Å². The maximum atomic E-state index is 13.0. The van der Waals surface area contributed by atoms with Gasteiger partial charge in [0, 0.05) is 22.3 Å². The summed E-state index contributed by atoms with van der Waals surface area (Å²) in [5.74, 6) is 0.288. The van der Waals surface area contributed by atoms with E-state index in [1.807, 2.05) is 36.4 Å². The normalized spacial score (nSPS) is 11.5. The zero-order valence-corrected chi connectivity index (χ0v) is 15.8. The first-order chi connectivity index (χ1) is 13.4. The largest absolute Gasteiger partial charge is 0.497 e. The van der Waals surface area contributed by atoms with E-state index < -0.39 is 15.8 Å². The molecule has 5 nitrogen and oxygen atoms in total. The lowest BCUT2D eigenvalue weighted by Gasteiger charge is -2.08. The van der Waals surface area contributed by atoms with E-state index in [2.05, 4.69) is 9.71 Å². The number of hydrogen-bond donors (Lipinski definition) is 2. The molecule has 0 atom stereocenters. The van der Waals surface area contributed by atoms with Crippen molar-refractivity contribution in [3.05, 3.63) is 78.6 Å². The van der Waals surface area contributed by atoms with Crippen molar-refractivity contribution in [3.63, 3.8) is 0 Å². The highest BCUT2D eigenvalue weighted by Gasteiger charge is 2.15. The molecule has 142 valence electrons. The Morgan fingerprint density at radius 3 is 2.32 bits per heavy atom. The Bertz CT molecular complexity index is 1230. The topological polar surface area (TPSA) is 71.2 Å². The number of benzene rings is 3. The minimum atomic E-state index is -3.79. The number of aromatic nitrogens is 1. The summed E-state index contributed by atoms with van der Waals surface area (Å²) in [6.07, 6.45) is 0. The van der Waals surface area contributed by atoms with Gasteiger partial charge in [-0.25, -0.2) is 12.8 Å². The molecule has 1 heterocycles. The van der Waals surface area contributed by atoms with Crippen LogP contribution >= 0.6 is 0 Å². The number of aromatic amines is 1. The van der Waals surface area contributed by atoms with E-state index in [-0.39, 0.29) is 4.90 Å². The molecular formula is C21H17FN2O3S. The molecule has 0 bridgehead atoms. The van der Waals surface area contributed by atoms with E-state index in [0.717, 1.165) is 40.0 Å². The molecule has 1 aromatic heterocycles. The van der Waals surface area contributed by atoms with Crippen LogP contribution in [-0.2, 0) is 10.0 Å². The Morgan fingerprint density at radius 2 is 1.64 bits per heavy atom. The summed E-state index contributed by atoms with van der Waals surface area (Å²) in [5, 5.41) is 0.866. The number of sulfonamides is 1. The summed E-state index contributed by atoms with van der Waals surface area (Å²) in [7, 11) is -2.18. The molecular weight excluding hydrogens is 379 g/mol. The van der Waals surface area contributed by atoms with E-state index in [9.17, 15) is 12.8 Å². The lowest BCUT2D eigenvalue weighted by Crippen LogP contribution is -2.12. The maximum Gasteiger partial charge on any atom is 0.261 e. The van der Waals surface area contributed by atoms with Crippen LogP contribution in [0.4, 0.5) is 10.1 Å². The van der Waals surface area contributed by atoms with Gasteiger partial charge >= 0.3 is 0 Å².